The molecule has 232 valence electrons. The lowest BCUT2D eigenvalue weighted by Crippen LogP contribution is -2.11. The van der Waals surface area contributed by atoms with Gasteiger partial charge in [0.15, 0.2) is 5.76 Å². The Bertz CT molecular complexity index is 1980. The molecule has 0 amide bonds. The summed E-state index contributed by atoms with van der Waals surface area (Å²) in [6.45, 7) is 1.32. The molecule has 0 radical (unpaired) electrons. The van der Waals surface area contributed by atoms with Gasteiger partial charge in [0.2, 0.25) is 11.2 Å². The molecule has 0 aliphatic carbocycles. The summed E-state index contributed by atoms with van der Waals surface area (Å²) in [5.41, 5.74) is 4.12. The van der Waals surface area contributed by atoms with Crippen LogP contribution in [-0.2, 0) is 24.3 Å². The third-order valence-electron chi connectivity index (χ3n) is 7.47. The average molecular weight is 616 g/mol. The molecular weight excluding hydrogens is 582 g/mol. The van der Waals surface area contributed by atoms with Crippen LogP contribution in [0.1, 0.15) is 40.0 Å². The molecular formula is C37H33N3O6. The second-order valence-electron chi connectivity index (χ2n) is 10.8. The fourth-order valence-electron chi connectivity index (χ4n) is 5.11. The van der Waals surface area contributed by atoms with Crippen molar-refractivity contribution in [3.05, 3.63) is 142 Å². The number of unbranched alkanes of at least 4 members (excludes halogenated alkanes) is 1. The number of para-hydroxylation sites is 1. The predicted octanol–water partition coefficient (Wildman–Crippen LogP) is 6.87. The Kier molecular flexibility index (Phi) is 9.49. The number of hydrogen-bond acceptors (Lipinski definition) is 8. The minimum Gasteiger partial charge on any atom is -0.494 e. The van der Waals surface area contributed by atoms with Crippen molar-refractivity contribution in [1.29, 1.82) is 0 Å². The van der Waals surface area contributed by atoms with Gasteiger partial charge in [-0.15, -0.1) is 5.10 Å². The van der Waals surface area contributed by atoms with E-state index in [1.54, 1.807) is 36.4 Å². The number of carbonyl (C=O) groups excluding carboxylic acids is 1. The molecule has 0 unspecified atom stereocenters. The van der Waals surface area contributed by atoms with Crippen LogP contribution >= 0.6 is 0 Å². The molecule has 2 aromatic heterocycles. The van der Waals surface area contributed by atoms with E-state index in [1.807, 2.05) is 65.5 Å². The summed E-state index contributed by atoms with van der Waals surface area (Å²) in [6, 6.07) is 31.5. The number of aromatic nitrogens is 3. The van der Waals surface area contributed by atoms with Crippen LogP contribution in [0.2, 0.25) is 0 Å². The van der Waals surface area contributed by atoms with Gasteiger partial charge in [-0.25, -0.2) is 9.48 Å². The van der Waals surface area contributed by atoms with Crippen molar-refractivity contribution in [3.63, 3.8) is 0 Å². The molecule has 0 aliphatic heterocycles. The Morgan fingerprint density at radius 3 is 2.46 bits per heavy atom. The fraction of sp³-hybridized carbons (Fsp3) is 0.189. The Balaban J connectivity index is 1.08. The highest BCUT2D eigenvalue weighted by Crippen LogP contribution is 2.32. The summed E-state index contributed by atoms with van der Waals surface area (Å²) in [4.78, 5) is 25.5. The molecule has 46 heavy (non-hydrogen) atoms. The maximum Gasteiger partial charge on any atom is 0.337 e. The zero-order valence-electron chi connectivity index (χ0n) is 25.4. The number of ether oxygens (including phenoxy) is 3. The molecule has 2 heterocycles. The van der Waals surface area contributed by atoms with Crippen molar-refractivity contribution < 1.29 is 23.4 Å². The zero-order chi connectivity index (χ0) is 31.7. The Morgan fingerprint density at radius 2 is 1.63 bits per heavy atom. The lowest BCUT2D eigenvalue weighted by molar-refractivity contribution is 0.0600. The fourth-order valence-corrected chi connectivity index (χ4v) is 5.11. The summed E-state index contributed by atoms with van der Waals surface area (Å²) in [6.07, 6.45) is 4.61. The van der Waals surface area contributed by atoms with Crippen LogP contribution in [0.3, 0.4) is 0 Å². The summed E-state index contributed by atoms with van der Waals surface area (Å²) < 4.78 is 24.9. The van der Waals surface area contributed by atoms with E-state index in [0.29, 0.717) is 52.3 Å². The number of rotatable bonds is 13. The number of benzene rings is 4. The normalized spacial score (nSPS) is 11.0. The lowest BCUT2D eigenvalue weighted by atomic mass is 10.1. The van der Waals surface area contributed by atoms with E-state index in [1.165, 1.54) is 12.7 Å². The number of carbonyl (C=O) groups is 1. The standard InChI is InChI=1S/C37H33N3O6/c1-43-37(42)29-13-9-12-27(22-29)25-45-36-34(41)32-15-5-6-16-33(32)46-35(36)28-17-19-31(20-18-28)44-21-8-7-14-30-24-40(39-38-30)23-26-10-3-2-4-11-26/h2-6,9-13,15-20,22,24H,7-8,14,21,23,25H2,1H3. The molecule has 9 heteroatoms. The molecule has 4 aromatic carbocycles. The number of nitrogens with zero attached hydrogens (tertiary/aromatic N) is 3. The second-order valence-corrected chi connectivity index (χ2v) is 10.8. The number of esters is 1. The van der Waals surface area contributed by atoms with Gasteiger partial charge in [0, 0.05) is 11.8 Å². The highest BCUT2D eigenvalue weighted by molar-refractivity contribution is 5.89. The summed E-state index contributed by atoms with van der Waals surface area (Å²) in [5.74, 6) is 0.678. The smallest absolute Gasteiger partial charge is 0.337 e. The number of hydrogen-bond donors (Lipinski definition) is 0. The molecule has 6 aromatic rings. The largest absolute Gasteiger partial charge is 0.494 e. The van der Waals surface area contributed by atoms with Crippen molar-refractivity contribution in [2.24, 2.45) is 0 Å². The molecule has 9 nitrogen and oxygen atoms in total. The predicted molar refractivity (Wildman–Crippen MR) is 174 cm³/mol. The average Bonchev–Trinajstić information content (AvgIpc) is 3.55. The Labute approximate surface area is 266 Å². The van der Waals surface area contributed by atoms with E-state index < -0.39 is 5.97 Å². The van der Waals surface area contributed by atoms with Crippen LogP contribution in [-0.4, -0.2) is 34.7 Å². The topological polar surface area (TPSA) is 106 Å². The molecule has 0 N–H and O–H groups in total. The van der Waals surface area contributed by atoms with Crippen LogP contribution in [0.5, 0.6) is 11.5 Å². The first-order valence-electron chi connectivity index (χ1n) is 15.1. The van der Waals surface area contributed by atoms with Gasteiger partial charge in [0.05, 0.1) is 36.9 Å². The molecule has 0 bridgehead atoms. The van der Waals surface area contributed by atoms with Crippen molar-refractivity contribution in [2.75, 3.05) is 13.7 Å². The minimum absolute atomic E-state index is 0.0610. The van der Waals surface area contributed by atoms with Gasteiger partial charge in [-0.3, -0.25) is 4.79 Å². The molecule has 0 fully saturated rings. The van der Waals surface area contributed by atoms with Gasteiger partial charge in [0.1, 0.15) is 17.9 Å². The first-order chi connectivity index (χ1) is 22.6. The van der Waals surface area contributed by atoms with Gasteiger partial charge in [0.25, 0.3) is 0 Å². The van der Waals surface area contributed by atoms with Crippen LogP contribution in [0.25, 0.3) is 22.3 Å². The highest BCUT2D eigenvalue weighted by Gasteiger charge is 2.18. The van der Waals surface area contributed by atoms with Crippen molar-refractivity contribution >= 4 is 16.9 Å². The lowest BCUT2D eigenvalue weighted by Gasteiger charge is -2.13. The third-order valence-corrected chi connectivity index (χ3v) is 7.47. The molecule has 0 saturated carbocycles. The van der Waals surface area contributed by atoms with Crippen molar-refractivity contribution in [3.8, 4) is 22.8 Å². The maximum atomic E-state index is 13.5. The molecule has 0 atom stereocenters. The van der Waals surface area contributed by atoms with E-state index in [9.17, 15) is 9.59 Å². The van der Waals surface area contributed by atoms with Gasteiger partial charge >= 0.3 is 5.97 Å². The first kappa shape index (κ1) is 30.3. The third kappa shape index (κ3) is 7.32. The van der Waals surface area contributed by atoms with Crippen LogP contribution < -0.4 is 14.9 Å². The van der Waals surface area contributed by atoms with Gasteiger partial charge in [-0.05, 0) is 78.9 Å². The van der Waals surface area contributed by atoms with Crippen LogP contribution in [0.4, 0.5) is 0 Å². The number of aryl methyl sites for hydroxylation is 1. The first-order valence-corrected chi connectivity index (χ1v) is 15.1. The van der Waals surface area contributed by atoms with Gasteiger partial charge < -0.3 is 18.6 Å². The van der Waals surface area contributed by atoms with E-state index in [-0.39, 0.29) is 17.8 Å². The molecule has 0 spiro atoms. The number of methoxy groups -OCH3 is 1. The SMILES string of the molecule is COC(=O)c1cccc(COc2c(-c3ccc(OCCCCc4cn(Cc5ccccc5)nn4)cc3)oc3ccccc3c2=O)c1. The van der Waals surface area contributed by atoms with Crippen LogP contribution in [0, 0.1) is 0 Å². The molecule has 6 rings (SSSR count). The number of fused-ring (bicyclic) bond motifs is 1. The summed E-state index contributed by atoms with van der Waals surface area (Å²) >= 11 is 0. The maximum absolute atomic E-state index is 13.5. The van der Waals surface area contributed by atoms with E-state index in [4.69, 9.17) is 18.6 Å². The highest BCUT2D eigenvalue weighted by atomic mass is 16.5. The molecule has 0 aliphatic rings. The second kappa shape index (κ2) is 14.4. The van der Waals surface area contributed by atoms with Crippen molar-refractivity contribution in [1.82, 2.24) is 15.0 Å². The van der Waals surface area contributed by atoms with Crippen LogP contribution in [0.15, 0.2) is 119 Å². The Hall–Kier alpha value is -5.70. The Morgan fingerprint density at radius 1 is 0.848 bits per heavy atom. The summed E-state index contributed by atoms with van der Waals surface area (Å²) in [5, 5.41) is 8.96. The molecule has 0 saturated heterocycles. The van der Waals surface area contributed by atoms with E-state index in [0.717, 1.165) is 25.0 Å². The quantitative estimate of drug-likeness (QED) is 0.102. The van der Waals surface area contributed by atoms with Crippen molar-refractivity contribution in [2.45, 2.75) is 32.4 Å². The zero-order valence-corrected chi connectivity index (χ0v) is 25.4. The van der Waals surface area contributed by atoms with Gasteiger partial charge in [-0.2, -0.15) is 0 Å². The van der Waals surface area contributed by atoms with Gasteiger partial charge in [-0.1, -0.05) is 59.8 Å². The van der Waals surface area contributed by atoms with E-state index in [2.05, 4.69) is 22.4 Å². The minimum atomic E-state index is -0.446. The monoisotopic (exact) mass is 615 g/mol. The van der Waals surface area contributed by atoms with E-state index >= 15 is 0 Å². The summed E-state index contributed by atoms with van der Waals surface area (Å²) in [7, 11) is 1.33.